The van der Waals surface area contributed by atoms with Gasteiger partial charge in [0.25, 0.3) is 0 Å². The summed E-state index contributed by atoms with van der Waals surface area (Å²) in [6.45, 7) is 4.44. The van der Waals surface area contributed by atoms with Gasteiger partial charge < -0.3 is 10.1 Å². The number of hydrogen-bond donors (Lipinski definition) is 1. The molecule has 1 aliphatic rings. The highest BCUT2D eigenvalue weighted by Crippen LogP contribution is 2.36. The molecule has 1 aromatic rings. The van der Waals surface area contributed by atoms with Crippen LogP contribution >= 0.6 is 35.0 Å². The minimum Gasteiger partial charge on any atom is -0.381 e. The average molecular weight is 307 g/mol. The van der Waals surface area contributed by atoms with E-state index in [0.29, 0.717) is 21.1 Å². The smallest absolute Gasteiger partial charge is 0.146 e. The molecule has 0 atom stereocenters. The first-order valence-electron chi connectivity index (χ1n) is 6.05. The van der Waals surface area contributed by atoms with E-state index in [-0.39, 0.29) is 0 Å². The van der Waals surface area contributed by atoms with Gasteiger partial charge in [0.05, 0.1) is 10.0 Å². The van der Waals surface area contributed by atoms with Gasteiger partial charge in [-0.25, -0.2) is 4.98 Å². The average Bonchev–Trinajstić information content (AvgIpc) is 2.37. The molecule has 0 radical (unpaired) electrons. The molecular weight excluding hydrogens is 291 g/mol. The Balaban J connectivity index is 2.12. The van der Waals surface area contributed by atoms with Crippen LogP contribution in [-0.4, -0.2) is 30.0 Å². The highest BCUT2D eigenvalue weighted by Gasteiger charge is 2.18. The number of rotatable bonds is 4. The first kappa shape index (κ1) is 14.3. The predicted octanol–water partition coefficient (Wildman–Crippen LogP) is 4.09. The molecule has 1 fully saturated rings. The van der Waals surface area contributed by atoms with Gasteiger partial charge >= 0.3 is 0 Å². The molecule has 1 aliphatic heterocycles. The monoisotopic (exact) mass is 306 g/mol. The van der Waals surface area contributed by atoms with Crippen LogP contribution in [0, 0.1) is 0 Å². The Kier molecular flexibility index (Phi) is 5.42. The second-order valence-corrected chi connectivity index (χ2v) is 6.17. The van der Waals surface area contributed by atoms with Crippen LogP contribution in [0.15, 0.2) is 11.1 Å². The third kappa shape index (κ3) is 3.67. The molecule has 1 aromatic heterocycles. The van der Waals surface area contributed by atoms with Crippen LogP contribution in [0.4, 0.5) is 5.82 Å². The molecule has 2 heterocycles. The van der Waals surface area contributed by atoms with Gasteiger partial charge in [-0.2, -0.15) is 0 Å². The fourth-order valence-corrected chi connectivity index (χ4v) is 3.39. The number of hydrogen-bond acceptors (Lipinski definition) is 4. The molecule has 3 nitrogen and oxygen atoms in total. The maximum Gasteiger partial charge on any atom is 0.146 e. The maximum atomic E-state index is 6.19. The van der Waals surface area contributed by atoms with Crippen molar-refractivity contribution in [3.8, 4) is 0 Å². The summed E-state index contributed by atoms with van der Waals surface area (Å²) in [7, 11) is 0. The summed E-state index contributed by atoms with van der Waals surface area (Å²) in [5, 5.41) is 5.71. The van der Waals surface area contributed by atoms with Crippen molar-refractivity contribution in [2.75, 3.05) is 25.1 Å². The molecular formula is C12H16Cl2N2OS. The van der Waals surface area contributed by atoms with Crippen LogP contribution in [0.5, 0.6) is 0 Å². The zero-order valence-corrected chi connectivity index (χ0v) is 12.5. The van der Waals surface area contributed by atoms with Gasteiger partial charge in [0.1, 0.15) is 10.8 Å². The van der Waals surface area contributed by atoms with E-state index < -0.39 is 0 Å². The van der Waals surface area contributed by atoms with Crippen molar-refractivity contribution in [3.63, 3.8) is 0 Å². The van der Waals surface area contributed by atoms with Crippen LogP contribution in [0.3, 0.4) is 0 Å². The Hall–Kier alpha value is -0.160. The molecule has 0 amide bonds. The number of nitrogens with zero attached hydrogens (tertiary/aromatic N) is 1. The van der Waals surface area contributed by atoms with Gasteiger partial charge in [-0.15, -0.1) is 11.8 Å². The number of anilines is 1. The van der Waals surface area contributed by atoms with E-state index in [1.807, 2.05) is 6.92 Å². The number of aromatic nitrogens is 1. The van der Waals surface area contributed by atoms with Crippen molar-refractivity contribution in [3.05, 3.63) is 16.1 Å². The largest absolute Gasteiger partial charge is 0.381 e. The molecule has 18 heavy (non-hydrogen) atoms. The molecule has 0 saturated carbocycles. The first-order chi connectivity index (χ1) is 8.70. The summed E-state index contributed by atoms with van der Waals surface area (Å²) in [5.74, 6) is 0.707. The molecule has 0 aliphatic carbocycles. The lowest BCUT2D eigenvalue weighted by Crippen LogP contribution is -2.17. The number of halogens is 2. The zero-order valence-electron chi connectivity index (χ0n) is 10.2. The SMILES string of the molecule is CCNc1nc(SC2CCOCC2)c(Cl)cc1Cl. The minimum absolute atomic E-state index is 0.527. The molecule has 1 N–H and O–H groups in total. The summed E-state index contributed by atoms with van der Waals surface area (Å²) in [6, 6.07) is 1.76. The Bertz CT molecular complexity index is 411. The quantitative estimate of drug-likeness (QED) is 0.908. The number of pyridine rings is 1. The Labute approximate surface area is 122 Å². The standard InChI is InChI=1S/C12H16Cl2N2OS/c1-2-15-11-9(13)7-10(14)12(16-11)18-8-3-5-17-6-4-8/h7-8H,2-6H2,1H3,(H,15,16). The maximum absolute atomic E-state index is 6.19. The van der Waals surface area contributed by atoms with Crippen molar-refractivity contribution in [1.82, 2.24) is 4.98 Å². The number of thioether (sulfide) groups is 1. The third-order valence-corrected chi connectivity index (χ3v) is 4.72. The van der Waals surface area contributed by atoms with Gasteiger partial charge in [0, 0.05) is 25.0 Å². The zero-order chi connectivity index (χ0) is 13.0. The second kappa shape index (κ2) is 6.85. The lowest BCUT2D eigenvalue weighted by atomic mass is 10.2. The van der Waals surface area contributed by atoms with Crippen molar-refractivity contribution in [2.45, 2.75) is 30.0 Å². The Morgan fingerprint density at radius 3 is 2.78 bits per heavy atom. The lowest BCUT2D eigenvalue weighted by Gasteiger charge is -2.21. The van der Waals surface area contributed by atoms with Crippen LogP contribution < -0.4 is 5.32 Å². The van der Waals surface area contributed by atoms with Gasteiger partial charge in [-0.1, -0.05) is 23.2 Å². The van der Waals surface area contributed by atoms with Crippen LogP contribution in [0.25, 0.3) is 0 Å². The van der Waals surface area contributed by atoms with E-state index >= 15 is 0 Å². The Morgan fingerprint density at radius 1 is 1.39 bits per heavy atom. The van der Waals surface area contributed by atoms with Gasteiger partial charge in [0.15, 0.2) is 0 Å². The summed E-state index contributed by atoms with van der Waals surface area (Å²) in [6.07, 6.45) is 2.09. The number of ether oxygens (including phenoxy) is 1. The van der Waals surface area contributed by atoms with Gasteiger partial charge in [-0.05, 0) is 25.8 Å². The van der Waals surface area contributed by atoms with Crippen molar-refractivity contribution < 1.29 is 4.74 Å². The molecule has 0 spiro atoms. The Morgan fingerprint density at radius 2 is 2.11 bits per heavy atom. The fraction of sp³-hybridized carbons (Fsp3) is 0.583. The van der Waals surface area contributed by atoms with Crippen molar-refractivity contribution in [1.29, 1.82) is 0 Å². The third-order valence-electron chi connectivity index (χ3n) is 2.69. The molecule has 1 saturated heterocycles. The van der Waals surface area contributed by atoms with Gasteiger partial charge in [0.2, 0.25) is 0 Å². The first-order valence-corrected chi connectivity index (χ1v) is 7.68. The highest BCUT2D eigenvalue weighted by molar-refractivity contribution is 8.00. The molecule has 100 valence electrons. The van der Waals surface area contributed by atoms with E-state index in [1.165, 1.54) is 0 Å². The molecule has 0 unspecified atom stereocenters. The van der Waals surface area contributed by atoms with E-state index in [1.54, 1.807) is 17.8 Å². The molecule has 0 bridgehead atoms. The molecule has 0 aromatic carbocycles. The van der Waals surface area contributed by atoms with E-state index in [9.17, 15) is 0 Å². The summed E-state index contributed by atoms with van der Waals surface area (Å²) in [4.78, 5) is 4.50. The fourth-order valence-electron chi connectivity index (χ4n) is 1.78. The summed E-state index contributed by atoms with van der Waals surface area (Å²) >= 11 is 14.0. The van der Waals surface area contributed by atoms with E-state index in [2.05, 4.69) is 10.3 Å². The predicted molar refractivity (Wildman–Crippen MR) is 78.1 cm³/mol. The van der Waals surface area contributed by atoms with E-state index in [4.69, 9.17) is 27.9 Å². The highest BCUT2D eigenvalue weighted by atomic mass is 35.5. The second-order valence-electron chi connectivity index (χ2n) is 4.07. The topological polar surface area (TPSA) is 34.2 Å². The number of nitrogens with one attached hydrogen (secondary N) is 1. The van der Waals surface area contributed by atoms with Gasteiger partial charge in [-0.3, -0.25) is 0 Å². The summed E-state index contributed by atoms with van der Waals surface area (Å²) < 4.78 is 5.35. The lowest BCUT2D eigenvalue weighted by molar-refractivity contribution is 0.1000. The van der Waals surface area contributed by atoms with Crippen molar-refractivity contribution in [2.24, 2.45) is 0 Å². The van der Waals surface area contributed by atoms with Crippen LogP contribution in [0.1, 0.15) is 19.8 Å². The minimum atomic E-state index is 0.527. The van der Waals surface area contributed by atoms with Crippen LogP contribution in [0.2, 0.25) is 10.0 Å². The molecule has 2 rings (SSSR count). The van der Waals surface area contributed by atoms with E-state index in [0.717, 1.165) is 37.6 Å². The van der Waals surface area contributed by atoms with Crippen LogP contribution in [-0.2, 0) is 4.74 Å². The summed E-state index contributed by atoms with van der Waals surface area (Å²) in [5.41, 5.74) is 0. The normalized spacial score (nSPS) is 16.8. The molecule has 6 heteroatoms. The van der Waals surface area contributed by atoms with Crippen molar-refractivity contribution >= 4 is 40.8 Å².